The Balaban J connectivity index is 2.05. The van der Waals surface area contributed by atoms with E-state index in [0.29, 0.717) is 18.2 Å². The summed E-state index contributed by atoms with van der Waals surface area (Å²) in [5, 5.41) is 0. The van der Waals surface area contributed by atoms with Crippen molar-refractivity contribution in [1.29, 1.82) is 0 Å². The van der Waals surface area contributed by atoms with E-state index in [2.05, 4.69) is 4.72 Å². The molecule has 1 aromatic rings. The van der Waals surface area contributed by atoms with E-state index < -0.39 is 10.0 Å². The molecule has 1 aliphatic rings. The van der Waals surface area contributed by atoms with Crippen LogP contribution in [-0.2, 0) is 10.0 Å². The van der Waals surface area contributed by atoms with Crippen LogP contribution in [0.25, 0.3) is 0 Å². The van der Waals surface area contributed by atoms with Gasteiger partial charge in [0.15, 0.2) is 0 Å². The molecule has 1 saturated carbocycles. The van der Waals surface area contributed by atoms with Crippen LogP contribution in [0.1, 0.15) is 32.1 Å². The van der Waals surface area contributed by atoms with Crippen LogP contribution < -0.4 is 15.2 Å². The van der Waals surface area contributed by atoms with Crippen molar-refractivity contribution in [3.63, 3.8) is 0 Å². The van der Waals surface area contributed by atoms with Crippen molar-refractivity contribution in [3.05, 3.63) is 18.2 Å². The number of nitrogens with one attached hydrogen (secondary N) is 1. The number of nitrogens with two attached hydrogens (primary N) is 1. The molecule has 2 rings (SSSR count). The maximum atomic E-state index is 12.3. The molecular formula is C14H22N2O3S. The third kappa shape index (κ3) is 3.64. The summed E-state index contributed by atoms with van der Waals surface area (Å²) in [5.41, 5.74) is 6.00. The minimum absolute atomic E-state index is 0.120. The molecule has 3 N–H and O–H groups in total. The highest BCUT2D eigenvalue weighted by Gasteiger charge is 2.20. The third-order valence-electron chi connectivity index (χ3n) is 3.79. The van der Waals surface area contributed by atoms with Gasteiger partial charge in [0.2, 0.25) is 10.0 Å². The van der Waals surface area contributed by atoms with Gasteiger partial charge in [0.1, 0.15) is 10.6 Å². The number of methoxy groups -OCH3 is 1. The van der Waals surface area contributed by atoms with Gasteiger partial charge in [-0.3, -0.25) is 0 Å². The Morgan fingerprint density at radius 1 is 1.30 bits per heavy atom. The first kappa shape index (κ1) is 15.1. The van der Waals surface area contributed by atoms with Crippen LogP contribution in [-0.4, -0.2) is 22.1 Å². The molecule has 6 heteroatoms. The molecule has 5 nitrogen and oxygen atoms in total. The smallest absolute Gasteiger partial charge is 0.242 e. The van der Waals surface area contributed by atoms with Crippen molar-refractivity contribution in [2.45, 2.75) is 37.0 Å². The molecule has 0 aliphatic heterocycles. The van der Waals surface area contributed by atoms with Gasteiger partial charge in [0, 0.05) is 12.6 Å². The maximum absolute atomic E-state index is 12.3. The van der Waals surface area contributed by atoms with E-state index >= 15 is 0 Å². The zero-order valence-corrected chi connectivity index (χ0v) is 12.6. The van der Waals surface area contributed by atoms with E-state index in [1.807, 2.05) is 0 Å². The average Bonchev–Trinajstić information content (AvgIpc) is 2.46. The Bertz CT molecular complexity index is 552. The van der Waals surface area contributed by atoms with Crippen LogP contribution in [0.2, 0.25) is 0 Å². The van der Waals surface area contributed by atoms with Crippen LogP contribution in [0.5, 0.6) is 5.75 Å². The molecule has 0 heterocycles. The topological polar surface area (TPSA) is 81.4 Å². The van der Waals surface area contributed by atoms with Crippen LogP contribution in [0, 0.1) is 5.92 Å². The monoisotopic (exact) mass is 298 g/mol. The largest absolute Gasteiger partial charge is 0.497 e. The minimum Gasteiger partial charge on any atom is -0.497 e. The lowest BCUT2D eigenvalue weighted by Crippen LogP contribution is -2.30. The summed E-state index contributed by atoms with van der Waals surface area (Å²) in [6.07, 6.45) is 5.84. The summed E-state index contributed by atoms with van der Waals surface area (Å²) >= 11 is 0. The standard InChI is InChI=1S/C14H22N2O3S/c1-19-12-7-8-14(13(15)9-12)20(17,18)16-10-11-5-3-2-4-6-11/h7-9,11,16H,2-6,10,15H2,1H3. The van der Waals surface area contributed by atoms with Crippen molar-refractivity contribution in [2.75, 3.05) is 19.4 Å². The summed E-state index contributed by atoms with van der Waals surface area (Å²) in [4.78, 5) is 0.120. The number of hydrogen-bond donors (Lipinski definition) is 2. The molecule has 112 valence electrons. The number of benzene rings is 1. The molecular weight excluding hydrogens is 276 g/mol. The van der Waals surface area contributed by atoms with Gasteiger partial charge in [0.05, 0.1) is 12.8 Å². The van der Waals surface area contributed by atoms with E-state index in [1.54, 1.807) is 6.07 Å². The van der Waals surface area contributed by atoms with Crippen molar-refractivity contribution in [2.24, 2.45) is 5.92 Å². The molecule has 0 aromatic heterocycles. The summed E-state index contributed by atoms with van der Waals surface area (Å²) in [6.45, 7) is 0.494. The Morgan fingerprint density at radius 3 is 2.60 bits per heavy atom. The molecule has 0 atom stereocenters. The molecule has 1 aliphatic carbocycles. The quantitative estimate of drug-likeness (QED) is 0.816. The highest BCUT2D eigenvalue weighted by atomic mass is 32.2. The van der Waals surface area contributed by atoms with E-state index in [4.69, 9.17) is 10.5 Å². The van der Waals surface area contributed by atoms with Crippen LogP contribution in [0.3, 0.4) is 0 Å². The molecule has 0 saturated heterocycles. The molecule has 0 bridgehead atoms. The van der Waals surface area contributed by atoms with Gasteiger partial charge in [-0.2, -0.15) is 0 Å². The predicted molar refractivity (Wildman–Crippen MR) is 79.2 cm³/mol. The third-order valence-corrected chi connectivity index (χ3v) is 5.29. The Morgan fingerprint density at radius 2 is 2.00 bits per heavy atom. The fraction of sp³-hybridized carbons (Fsp3) is 0.571. The van der Waals surface area contributed by atoms with E-state index in [-0.39, 0.29) is 10.6 Å². The Kier molecular flexibility index (Phi) is 4.88. The SMILES string of the molecule is COc1ccc(S(=O)(=O)NCC2CCCCC2)c(N)c1. The van der Waals surface area contributed by atoms with E-state index in [0.717, 1.165) is 12.8 Å². The van der Waals surface area contributed by atoms with Crippen molar-refractivity contribution in [1.82, 2.24) is 4.72 Å². The molecule has 20 heavy (non-hydrogen) atoms. The number of anilines is 1. The number of rotatable bonds is 5. The summed E-state index contributed by atoms with van der Waals surface area (Å²) in [7, 11) is -2.03. The molecule has 0 amide bonds. The lowest BCUT2D eigenvalue weighted by atomic mass is 9.90. The Hall–Kier alpha value is -1.27. The maximum Gasteiger partial charge on any atom is 0.242 e. The van der Waals surface area contributed by atoms with Gasteiger partial charge < -0.3 is 10.5 Å². The van der Waals surface area contributed by atoms with Crippen LogP contribution >= 0.6 is 0 Å². The molecule has 1 fully saturated rings. The number of ether oxygens (including phenoxy) is 1. The van der Waals surface area contributed by atoms with Gasteiger partial charge in [0.25, 0.3) is 0 Å². The lowest BCUT2D eigenvalue weighted by Gasteiger charge is -2.21. The first-order valence-electron chi connectivity index (χ1n) is 6.96. The predicted octanol–water partition coefficient (Wildman–Crippen LogP) is 2.14. The first-order valence-corrected chi connectivity index (χ1v) is 8.44. The molecule has 0 radical (unpaired) electrons. The molecule has 1 aromatic carbocycles. The second-order valence-corrected chi connectivity index (χ2v) is 7.00. The highest BCUT2D eigenvalue weighted by molar-refractivity contribution is 7.89. The summed E-state index contributed by atoms with van der Waals surface area (Å²) in [6, 6.07) is 4.61. The second-order valence-electron chi connectivity index (χ2n) is 5.26. The highest BCUT2D eigenvalue weighted by Crippen LogP contribution is 2.25. The molecule has 0 spiro atoms. The normalized spacial score (nSPS) is 17.1. The van der Waals surface area contributed by atoms with Gasteiger partial charge >= 0.3 is 0 Å². The van der Waals surface area contributed by atoms with Crippen LogP contribution in [0.4, 0.5) is 5.69 Å². The van der Waals surface area contributed by atoms with Gasteiger partial charge in [-0.25, -0.2) is 13.1 Å². The Labute approximate surface area is 120 Å². The van der Waals surface area contributed by atoms with Gasteiger partial charge in [-0.1, -0.05) is 19.3 Å². The van der Waals surface area contributed by atoms with Gasteiger partial charge in [-0.05, 0) is 30.9 Å². The first-order chi connectivity index (χ1) is 9.53. The number of sulfonamides is 1. The van der Waals surface area contributed by atoms with Crippen LogP contribution in [0.15, 0.2) is 23.1 Å². The summed E-state index contributed by atoms with van der Waals surface area (Å²) < 4.78 is 32.2. The lowest BCUT2D eigenvalue weighted by molar-refractivity contribution is 0.357. The average molecular weight is 298 g/mol. The second kappa shape index (κ2) is 6.45. The fourth-order valence-electron chi connectivity index (χ4n) is 2.59. The fourth-order valence-corrected chi connectivity index (χ4v) is 3.82. The van der Waals surface area contributed by atoms with E-state index in [1.165, 1.54) is 38.5 Å². The van der Waals surface area contributed by atoms with Crippen molar-refractivity contribution >= 4 is 15.7 Å². The number of nitrogen functional groups attached to an aromatic ring is 1. The van der Waals surface area contributed by atoms with Gasteiger partial charge in [-0.15, -0.1) is 0 Å². The number of hydrogen-bond acceptors (Lipinski definition) is 4. The van der Waals surface area contributed by atoms with E-state index in [9.17, 15) is 8.42 Å². The molecule has 0 unspecified atom stereocenters. The zero-order chi connectivity index (χ0) is 14.6. The zero-order valence-electron chi connectivity index (χ0n) is 11.8. The van der Waals surface area contributed by atoms with Crippen molar-refractivity contribution < 1.29 is 13.2 Å². The summed E-state index contributed by atoms with van der Waals surface area (Å²) in [5.74, 6) is 0.992. The van der Waals surface area contributed by atoms with Crippen molar-refractivity contribution in [3.8, 4) is 5.75 Å². The minimum atomic E-state index is -3.55.